The number of benzene rings is 1. The molecular weight excluding hydrogens is 352 g/mol. The smallest absolute Gasteiger partial charge is 0.257 e. The summed E-state index contributed by atoms with van der Waals surface area (Å²) < 4.78 is 0. The van der Waals surface area contributed by atoms with E-state index in [2.05, 4.69) is 27.0 Å². The van der Waals surface area contributed by atoms with E-state index < -0.39 is 0 Å². The quantitative estimate of drug-likeness (QED) is 0.615. The van der Waals surface area contributed by atoms with E-state index in [0.717, 1.165) is 18.7 Å². The van der Waals surface area contributed by atoms with Crippen LogP contribution in [0.25, 0.3) is 0 Å². The second-order valence-corrected chi connectivity index (χ2v) is 6.96. The Morgan fingerprint density at radius 3 is 2.43 bits per heavy atom. The minimum Gasteiger partial charge on any atom is -0.383 e. The summed E-state index contributed by atoms with van der Waals surface area (Å²) >= 11 is 0. The fourth-order valence-electron chi connectivity index (χ4n) is 3.20. The second-order valence-electron chi connectivity index (χ2n) is 6.96. The van der Waals surface area contributed by atoms with Crippen LogP contribution in [0.5, 0.6) is 0 Å². The molecule has 0 aliphatic heterocycles. The van der Waals surface area contributed by atoms with Gasteiger partial charge in [-0.15, -0.1) is 0 Å². The molecule has 2 aromatic rings. The van der Waals surface area contributed by atoms with Crippen LogP contribution < -0.4 is 16.0 Å². The van der Waals surface area contributed by atoms with E-state index in [9.17, 15) is 9.59 Å². The Balaban J connectivity index is 1.54. The molecule has 1 aromatic carbocycles. The molecule has 0 atom stereocenters. The van der Waals surface area contributed by atoms with Crippen molar-refractivity contribution in [3.63, 3.8) is 0 Å². The normalized spacial score (nSPS) is 13.4. The maximum atomic E-state index is 12.5. The van der Waals surface area contributed by atoms with Crippen molar-refractivity contribution in [1.82, 2.24) is 4.98 Å². The minimum absolute atomic E-state index is 0.132. The molecule has 1 aliphatic rings. The zero-order valence-corrected chi connectivity index (χ0v) is 16.1. The van der Waals surface area contributed by atoms with Gasteiger partial charge in [-0.2, -0.15) is 0 Å². The lowest BCUT2D eigenvalue weighted by Gasteiger charge is -2.13. The molecule has 6 heteroatoms. The van der Waals surface area contributed by atoms with Crippen molar-refractivity contribution >= 4 is 28.9 Å². The Bertz CT molecular complexity index is 859. The molecule has 3 rings (SSSR count). The third kappa shape index (κ3) is 5.94. The summed E-state index contributed by atoms with van der Waals surface area (Å²) in [5.41, 5.74) is 4.19. The van der Waals surface area contributed by atoms with E-state index in [1.54, 1.807) is 36.7 Å². The molecule has 3 N–H and O–H groups in total. The van der Waals surface area contributed by atoms with Crippen LogP contribution in [0.2, 0.25) is 0 Å². The average molecular weight is 378 g/mol. The van der Waals surface area contributed by atoms with Crippen molar-refractivity contribution in [1.29, 1.82) is 0 Å². The Morgan fingerprint density at radius 2 is 1.75 bits per heavy atom. The fourth-order valence-corrected chi connectivity index (χ4v) is 3.20. The number of allylic oxidation sites excluding steroid dienone is 1. The molecule has 1 aliphatic carbocycles. The number of carbonyl (C=O) groups is 2. The van der Waals surface area contributed by atoms with Gasteiger partial charge in [-0.25, -0.2) is 0 Å². The van der Waals surface area contributed by atoms with Gasteiger partial charge in [0.2, 0.25) is 5.91 Å². The van der Waals surface area contributed by atoms with E-state index >= 15 is 0 Å². The largest absolute Gasteiger partial charge is 0.383 e. The van der Waals surface area contributed by atoms with E-state index in [0.29, 0.717) is 16.9 Å². The van der Waals surface area contributed by atoms with Crippen molar-refractivity contribution in [2.45, 2.75) is 39.0 Å². The Kier molecular flexibility index (Phi) is 6.78. The zero-order valence-electron chi connectivity index (χ0n) is 16.1. The fraction of sp³-hybridized carbons (Fsp3) is 0.318. The van der Waals surface area contributed by atoms with Crippen molar-refractivity contribution in [3.05, 3.63) is 59.9 Å². The first kappa shape index (κ1) is 19.6. The maximum Gasteiger partial charge on any atom is 0.257 e. The number of amides is 2. The first-order valence-corrected chi connectivity index (χ1v) is 9.66. The molecule has 0 radical (unpaired) electrons. The molecule has 0 saturated carbocycles. The van der Waals surface area contributed by atoms with Gasteiger partial charge >= 0.3 is 0 Å². The average Bonchev–Trinajstić information content (AvgIpc) is 2.70. The maximum absolute atomic E-state index is 12.5. The Labute approximate surface area is 165 Å². The highest BCUT2D eigenvalue weighted by Gasteiger charge is 2.09. The summed E-state index contributed by atoms with van der Waals surface area (Å²) in [6.45, 7) is 2.29. The van der Waals surface area contributed by atoms with E-state index in [1.165, 1.54) is 38.2 Å². The van der Waals surface area contributed by atoms with Gasteiger partial charge in [0.25, 0.3) is 5.91 Å². The van der Waals surface area contributed by atoms with E-state index in [-0.39, 0.29) is 11.8 Å². The number of anilines is 3. The summed E-state index contributed by atoms with van der Waals surface area (Å²) in [4.78, 5) is 27.7. The number of nitrogens with one attached hydrogen (secondary N) is 3. The molecule has 1 heterocycles. The van der Waals surface area contributed by atoms with Crippen LogP contribution in [0.15, 0.2) is 54.4 Å². The van der Waals surface area contributed by atoms with E-state index in [1.807, 2.05) is 6.07 Å². The van der Waals surface area contributed by atoms with Crippen LogP contribution in [-0.2, 0) is 4.79 Å². The SMILES string of the molecule is CC(=O)Nc1ccc(NC(=O)c2cncc(NCCC3=CCCCC3)c2)cc1. The highest BCUT2D eigenvalue weighted by molar-refractivity contribution is 6.04. The van der Waals surface area contributed by atoms with Crippen LogP contribution in [0.1, 0.15) is 49.4 Å². The number of carbonyl (C=O) groups excluding carboxylic acids is 2. The topological polar surface area (TPSA) is 83.1 Å². The predicted octanol–water partition coefficient (Wildman–Crippen LogP) is 4.59. The van der Waals surface area contributed by atoms with Crippen LogP contribution in [0.4, 0.5) is 17.1 Å². The first-order valence-electron chi connectivity index (χ1n) is 9.66. The molecule has 2 amide bonds. The number of hydrogen-bond donors (Lipinski definition) is 3. The molecular formula is C22H26N4O2. The Morgan fingerprint density at radius 1 is 1.00 bits per heavy atom. The second kappa shape index (κ2) is 9.69. The third-order valence-corrected chi connectivity index (χ3v) is 4.62. The molecule has 146 valence electrons. The highest BCUT2D eigenvalue weighted by Crippen LogP contribution is 2.20. The van der Waals surface area contributed by atoms with Gasteiger partial charge in [0.1, 0.15) is 0 Å². The van der Waals surface area contributed by atoms with Crippen molar-refractivity contribution in [2.24, 2.45) is 0 Å². The number of nitrogens with zero attached hydrogens (tertiary/aromatic N) is 1. The summed E-state index contributed by atoms with van der Waals surface area (Å²) in [5, 5.41) is 8.89. The predicted molar refractivity (Wildman–Crippen MR) is 113 cm³/mol. The number of hydrogen-bond acceptors (Lipinski definition) is 4. The van der Waals surface area contributed by atoms with Gasteiger partial charge < -0.3 is 16.0 Å². The molecule has 0 saturated heterocycles. The standard InChI is InChI=1S/C22H26N4O2/c1-16(27)25-19-7-9-20(10-8-19)26-22(28)18-13-21(15-23-14-18)24-12-11-17-5-3-2-4-6-17/h5,7-10,13-15,24H,2-4,6,11-12H2,1H3,(H,25,27)(H,26,28). The lowest BCUT2D eigenvalue weighted by atomic mass is 9.97. The van der Waals surface area contributed by atoms with Gasteiger partial charge in [0.05, 0.1) is 11.3 Å². The number of aromatic nitrogens is 1. The summed E-state index contributed by atoms with van der Waals surface area (Å²) in [7, 11) is 0. The molecule has 0 fully saturated rings. The monoisotopic (exact) mass is 378 g/mol. The van der Waals surface area contributed by atoms with Gasteiger partial charge in [0.15, 0.2) is 0 Å². The summed E-state index contributed by atoms with van der Waals surface area (Å²) in [6, 6.07) is 8.79. The Hall–Kier alpha value is -3.15. The summed E-state index contributed by atoms with van der Waals surface area (Å²) in [5.74, 6) is -0.356. The molecule has 1 aromatic heterocycles. The van der Waals surface area contributed by atoms with Crippen LogP contribution >= 0.6 is 0 Å². The van der Waals surface area contributed by atoms with E-state index in [4.69, 9.17) is 0 Å². The lowest BCUT2D eigenvalue weighted by molar-refractivity contribution is -0.114. The zero-order chi connectivity index (χ0) is 19.8. The molecule has 28 heavy (non-hydrogen) atoms. The van der Waals surface area contributed by atoms with Gasteiger partial charge in [-0.1, -0.05) is 11.6 Å². The van der Waals surface area contributed by atoms with Gasteiger partial charge in [0, 0.05) is 37.2 Å². The van der Waals surface area contributed by atoms with Crippen molar-refractivity contribution < 1.29 is 9.59 Å². The van der Waals surface area contributed by atoms with Crippen LogP contribution in [0, 0.1) is 0 Å². The minimum atomic E-state index is -0.224. The molecule has 0 unspecified atom stereocenters. The third-order valence-electron chi connectivity index (χ3n) is 4.62. The van der Waals surface area contributed by atoms with Gasteiger partial charge in [-0.05, 0) is 62.4 Å². The number of rotatable bonds is 7. The van der Waals surface area contributed by atoms with Crippen LogP contribution in [-0.4, -0.2) is 23.3 Å². The summed E-state index contributed by atoms with van der Waals surface area (Å²) in [6.07, 6.45) is 11.6. The highest BCUT2D eigenvalue weighted by atomic mass is 16.2. The first-order chi connectivity index (χ1) is 13.6. The van der Waals surface area contributed by atoms with Gasteiger partial charge in [-0.3, -0.25) is 14.6 Å². The molecule has 0 spiro atoms. The molecule has 6 nitrogen and oxygen atoms in total. The van der Waals surface area contributed by atoms with Crippen molar-refractivity contribution in [3.8, 4) is 0 Å². The number of pyridine rings is 1. The van der Waals surface area contributed by atoms with Crippen LogP contribution in [0.3, 0.4) is 0 Å². The van der Waals surface area contributed by atoms with Crippen molar-refractivity contribution in [2.75, 3.05) is 22.5 Å². The molecule has 0 bridgehead atoms. The lowest BCUT2D eigenvalue weighted by Crippen LogP contribution is -2.13.